The summed E-state index contributed by atoms with van der Waals surface area (Å²) in [6.45, 7) is 2.22. The summed E-state index contributed by atoms with van der Waals surface area (Å²) < 4.78 is 32.1. The molecule has 3 aromatic rings. The van der Waals surface area contributed by atoms with E-state index >= 15 is 0 Å². The molecule has 9 heteroatoms. The quantitative estimate of drug-likeness (QED) is 0.630. The summed E-state index contributed by atoms with van der Waals surface area (Å²) in [7, 11) is -2.10. The van der Waals surface area contributed by atoms with E-state index in [1.165, 1.54) is 15.6 Å². The summed E-state index contributed by atoms with van der Waals surface area (Å²) in [5, 5.41) is 5.04. The summed E-state index contributed by atoms with van der Waals surface area (Å²) in [4.78, 5) is 17.3. The van der Waals surface area contributed by atoms with Crippen molar-refractivity contribution in [3.8, 4) is 17.0 Å². The van der Waals surface area contributed by atoms with Gasteiger partial charge in [0.15, 0.2) is 5.13 Å². The number of hydrogen-bond acceptors (Lipinski definition) is 6. The highest BCUT2D eigenvalue weighted by Gasteiger charge is 2.43. The Morgan fingerprint density at radius 2 is 1.87 bits per heavy atom. The molecular formula is C21H21N3O4S2. The predicted octanol–water partition coefficient (Wildman–Crippen LogP) is 3.53. The molecule has 2 aromatic carbocycles. The standard InChI is InChI=1S/C21H21N3O4S2/c1-14-3-9-17(10-4-14)30(26,27)24-12-11-19(24)20(25)23-21-22-18(13-29-21)15-5-7-16(28-2)8-6-15/h3-10,13,19H,11-12H2,1-2H3,(H,22,23,25). The van der Waals surface area contributed by atoms with Gasteiger partial charge in [0.05, 0.1) is 17.7 Å². The van der Waals surface area contributed by atoms with E-state index in [9.17, 15) is 13.2 Å². The van der Waals surface area contributed by atoms with Gasteiger partial charge in [-0.05, 0) is 49.7 Å². The molecule has 1 aromatic heterocycles. The van der Waals surface area contributed by atoms with Crippen LogP contribution >= 0.6 is 11.3 Å². The SMILES string of the molecule is COc1ccc(-c2csc(NC(=O)C3CCN3S(=O)(=O)c3ccc(C)cc3)n2)cc1. The Morgan fingerprint density at radius 1 is 1.17 bits per heavy atom. The van der Waals surface area contributed by atoms with E-state index in [1.807, 2.05) is 36.6 Å². The van der Waals surface area contributed by atoms with E-state index in [1.54, 1.807) is 31.4 Å². The molecule has 0 saturated carbocycles. The fourth-order valence-corrected chi connectivity index (χ4v) is 5.53. The Labute approximate surface area is 179 Å². The van der Waals surface area contributed by atoms with Crippen molar-refractivity contribution in [2.75, 3.05) is 19.0 Å². The Morgan fingerprint density at radius 3 is 2.47 bits per heavy atom. The van der Waals surface area contributed by atoms with E-state index in [2.05, 4.69) is 10.3 Å². The van der Waals surface area contributed by atoms with Crippen molar-refractivity contribution in [1.82, 2.24) is 9.29 Å². The maximum atomic E-state index is 12.9. The molecule has 1 unspecified atom stereocenters. The van der Waals surface area contributed by atoms with Gasteiger partial charge in [0.25, 0.3) is 0 Å². The minimum Gasteiger partial charge on any atom is -0.497 e. The molecule has 2 heterocycles. The molecule has 0 aliphatic carbocycles. The van der Waals surface area contributed by atoms with Gasteiger partial charge >= 0.3 is 0 Å². The summed E-state index contributed by atoms with van der Waals surface area (Å²) in [5.41, 5.74) is 2.61. The van der Waals surface area contributed by atoms with E-state index in [0.29, 0.717) is 18.1 Å². The van der Waals surface area contributed by atoms with Gasteiger partial charge < -0.3 is 10.1 Å². The van der Waals surface area contributed by atoms with Gasteiger partial charge in [-0.25, -0.2) is 13.4 Å². The van der Waals surface area contributed by atoms with Crippen molar-refractivity contribution >= 4 is 32.4 Å². The number of sulfonamides is 1. The van der Waals surface area contributed by atoms with Crippen molar-refractivity contribution in [2.24, 2.45) is 0 Å². The third-order valence-corrected chi connectivity index (χ3v) is 7.70. The minimum atomic E-state index is -3.71. The first-order chi connectivity index (χ1) is 14.4. The van der Waals surface area contributed by atoms with Gasteiger partial charge in [0.1, 0.15) is 11.8 Å². The molecule has 1 N–H and O–H groups in total. The normalized spacial score (nSPS) is 16.7. The molecule has 156 valence electrons. The third kappa shape index (κ3) is 3.96. The fourth-order valence-electron chi connectivity index (χ4n) is 3.17. The zero-order chi connectivity index (χ0) is 21.3. The van der Waals surface area contributed by atoms with Crippen LogP contribution in [0.25, 0.3) is 11.3 Å². The molecular weight excluding hydrogens is 422 g/mol. The highest BCUT2D eigenvalue weighted by molar-refractivity contribution is 7.89. The molecule has 1 amide bonds. The number of aromatic nitrogens is 1. The van der Waals surface area contributed by atoms with Crippen LogP contribution in [0, 0.1) is 6.92 Å². The van der Waals surface area contributed by atoms with Crippen LogP contribution in [-0.4, -0.2) is 43.3 Å². The zero-order valence-corrected chi connectivity index (χ0v) is 18.2. The summed E-state index contributed by atoms with van der Waals surface area (Å²) >= 11 is 1.30. The number of rotatable bonds is 6. The molecule has 0 spiro atoms. The highest BCUT2D eigenvalue weighted by atomic mass is 32.2. The number of carbonyl (C=O) groups is 1. The van der Waals surface area contributed by atoms with Gasteiger partial charge in [-0.2, -0.15) is 4.31 Å². The highest BCUT2D eigenvalue weighted by Crippen LogP contribution is 2.30. The second-order valence-electron chi connectivity index (χ2n) is 6.99. The molecule has 1 aliphatic rings. The number of hydrogen-bond donors (Lipinski definition) is 1. The number of ether oxygens (including phenoxy) is 1. The maximum Gasteiger partial charge on any atom is 0.244 e. The number of methoxy groups -OCH3 is 1. The number of benzene rings is 2. The lowest BCUT2D eigenvalue weighted by Crippen LogP contribution is -2.56. The first-order valence-corrected chi connectivity index (χ1v) is 11.7. The first kappa shape index (κ1) is 20.5. The van der Waals surface area contributed by atoms with Gasteiger partial charge in [0.2, 0.25) is 15.9 Å². The van der Waals surface area contributed by atoms with Gasteiger partial charge in [-0.1, -0.05) is 17.7 Å². The van der Waals surface area contributed by atoms with E-state index < -0.39 is 16.1 Å². The van der Waals surface area contributed by atoms with Crippen molar-refractivity contribution in [3.63, 3.8) is 0 Å². The van der Waals surface area contributed by atoms with Crippen LogP contribution in [0.5, 0.6) is 5.75 Å². The van der Waals surface area contributed by atoms with Crippen LogP contribution in [0.1, 0.15) is 12.0 Å². The minimum absolute atomic E-state index is 0.196. The number of nitrogens with one attached hydrogen (secondary N) is 1. The number of amides is 1. The van der Waals surface area contributed by atoms with Gasteiger partial charge in [0, 0.05) is 17.5 Å². The van der Waals surface area contributed by atoms with Crippen molar-refractivity contribution in [3.05, 3.63) is 59.5 Å². The molecule has 1 saturated heterocycles. The molecule has 0 bridgehead atoms. The summed E-state index contributed by atoms with van der Waals surface area (Å²) in [6.07, 6.45) is 0.480. The van der Waals surface area contributed by atoms with Crippen molar-refractivity contribution in [1.29, 1.82) is 0 Å². The third-order valence-electron chi connectivity index (χ3n) is 5.02. The fraction of sp³-hybridized carbons (Fsp3) is 0.238. The van der Waals surface area contributed by atoms with Crippen LogP contribution < -0.4 is 10.1 Å². The lowest BCUT2D eigenvalue weighted by molar-refractivity contribution is -0.122. The number of anilines is 1. The lowest BCUT2D eigenvalue weighted by Gasteiger charge is -2.38. The van der Waals surface area contributed by atoms with Crippen LogP contribution in [0.15, 0.2) is 58.8 Å². The van der Waals surface area contributed by atoms with Crippen molar-refractivity contribution in [2.45, 2.75) is 24.3 Å². The van der Waals surface area contributed by atoms with E-state index in [0.717, 1.165) is 22.6 Å². The molecule has 1 atom stereocenters. The molecule has 4 rings (SSSR count). The van der Waals surface area contributed by atoms with E-state index in [4.69, 9.17) is 4.74 Å². The van der Waals surface area contributed by atoms with Gasteiger partial charge in [-0.3, -0.25) is 4.79 Å². The Hall–Kier alpha value is -2.75. The number of nitrogens with zero attached hydrogens (tertiary/aromatic N) is 2. The summed E-state index contributed by atoms with van der Waals surface area (Å²) in [5.74, 6) is 0.384. The Kier molecular flexibility index (Phi) is 5.59. The average molecular weight is 444 g/mol. The lowest BCUT2D eigenvalue weighted by atomic mass is 10.1. The zero-order valence-electron chi connectivity index (χ0n) is 16.5. The second kappa shape index (κ2) is 8.17. The summed E-state index contributed by atoms with van der Waals surface area (Å²) in [6, 6.07) is 13.4. The molecule has 0 radical (unpaired) electrons. The number of thiazole rings is 1. The molecule has 1 aliphatic heterocycles. The van der Waals surface area contributed by atoms with Crippen LogP contribution in [0.2, 0.25) is 0 Å². The van der Waals surface area contributed by atoms with E-state index in [-0.39, 0.29) is 10.8 Å². The van der Waals surface area contributed by atoms with Gasteiger partial charge in [-0.15, -0.1) is 11.3 Å². The average Bonchev–Trinajstić information content (AvgIpc) is 3.15. The van der Waals surface area contributed by atoms with Crippen LogP contribution in [-0.2, 0) is 14.8 Å². The number of carbonyl (C=O) groups excluding carboxylic acids is 1. The maximum absolute atomic E-state index is 12.9. The largest absolute Gasteiger partial charge is 0.497 e. The number of aryl methyl sites for hydroxylation is 1. The first-order valence-electron chi connectivity index (χ1n) is 9.38. The smallest absolute Gasteiger partial charge is 0.244 e. The van der Waals surface area contributed by atoms with Crippen molar-refractivity contribution < 1.29 is 17.9 Å². The van der Waals surface area contributed by atoms with Crippen LogP contribution in [0.3, 0.4) is 0 Å². The molecule has 7 nitrogen and oxygen atoms in total. The molecule has 30 heavy (non-hydrogen) atoms. The Balaban J connectivity index is 1.45. The monoisotopic (exact) mass is 443 g/mol. The van der Waals surface area contributed by atoms with Crippen LogP contribution in [0.4, 0.5) is 5.13 Å². The topological polar surface area (TPSA) is 88.6 Å². The second-order valence-corrected chi connectivity index (χ2v) is 9.74. The molecule has 1 fully saturated rings. The predicted molar refractivity (Wildman–Crippen MR) is 116 cm³/mol. The Bertz CT molecular complexity index is 1160.